The first-order valence-corrected chi connectivity index (χ1v) is 11.4. The number of nitrogens with zero attached hydrogens (tertiary/aromatic N) is 2. The molecule has 0 fully saturated rings. The molecule has 0 aliphatic carbocycles. The van der Waals surface area contributed by atoms with E-state index in [0.717, 1.165) is 16.2 Å². The van der Waals surface area contributed by atoms with Crippen LogP contribution in [0.3, 0.4) is 0 Å². The van der Waals surface area contributed by atoms with E-state index in [1.165, 1.54) is 12.1 Å². The molecule has 0 saturated carbocycles. The summed E-state index contributed by atoms with van der Waals surface area (Å²) in [5.74, 6) is 1.24. The zero-order valence-corrected chi connectivity index (χ0v) is 19.0. The van der Waals surface area contributed by atoms with Gasteiger partial charge in [0.25, 0.3) is 5.56 Å². The van der Waals surface area contributed by atoms with Gasteiger partial charge in [-0.3, -0.25) is 14.3 Å². The quantitative estimate of drug-likeness (QED) is 0.387. The molecule has 174 valence electrons. The Balaban J connectivity index is 1.62. The van der Waals surface area contributed by atoms with Gasteiger partial charge in [0.1, 0.15) is 24.3 Å². The number of aromatic amines is 2. The summed E-state index contributed by atoms with van der Waals surface area (Å²) in [6.45, 7) is 5.03. The molecule has 5 heterocycles. The van der Waals surface area contributed by atoms with Gasteiger partial charge in [-0.1, -0.05) is 0 Å². The highest BCUT2D eigenvalue weighted by Crippen LogP contribution is 2.40. The second-order valence-corrected chi connectivity index (χ2v) is 8.99. The summed E-state index contributed by atoms with van der Waals surface area (Å²) in [6, 6.07) is 10.2. The first-order valence-electron chi connectivity index (χ1n) is 11.4. The molecule has 9 nitrogen and oxygen atoms in total. The lowest BCUT2D eigenvalue weighted by Crippen LogP contribution is -2.16. The number of pyridine rings is 2. The predicted octanol–water partition coefficient (Wildman–Crippen LogP) is 4.48. The van der Waals surface area contributed by atoms with Crippen molar-refractivity contribution in [2.45, 2.75) is 19.9 Å². The zero-order valence-electron chi connectivity index (χ0n) is 19.0. The zero-order chi connectivity index (χ0) is 23.8. The van der Waals surface area contributed by atoms with Crippen LogP contribution in [0.15, 0.2) is 56.6 Å². The summed E-state index contributed by atoms with van der Waals surface area (Å²) in [5.41, 5.74) is 3.45. The Hall–Kier alpha value is -4.53. The van der Waals surface area contributed by atoms with Crippen molar-refractivity contribution < 1.29 is 13.9 Å². The van der Waals surface area contributed by atoms with Crippen molar-refractivity contribution in [3.05, 3.63) is 63.2 Å². The van der Waals surface area contributed by atoms with Crippen molar-refractivity contribution >= 4 is 44.0 Å². The topological polar surface area (TPSA) is 115 Å². The molecule has 6 aromatic rings. The van der Waals surface area contributed by atoms with Crippen molar-refractivity contribution in [1.29, 1.82) is 0 Å². The fourth-order valence-corrected chi connectivity index (χ4v) is 4.85. The summed E-state index contributed by atoms with van der Waals surface area (Å²) in [6.07, 6.45) is 1.83. The van der Waals surface area contributed by atoms with Crippen LogP contribution in [0.5, 0.6) is 11.5 Å². The average molecular weight is 468 g/mol. The molecule has 0 atom stereocenters. The molecule has 0 unspecified atom stereocenters. The summed E-state index contributed by atoms with van der Waals surface area (Å²) < 4.78 is 19.5. The maximum Gasteiger partial charge on any atom is 0.256 e. The fraction of sp³-hybridized carbons (Fsp3) is 0.192. The highest BCUT2D eigenvalue weighted by atomic mass is 16.6. The van der Waals surface area contributed by atoms with Crippen molar-refractivity contribution in [2.24, 2.45) is 0 Å². The third kappa shape index (κ3) is 2.84. The number of ether oxygens (including phenoxy) is 2. The number of hydrogen-bond acceptors (Lipinski definition) is 6. The highest BCUT2D eigenvalue weighted by molar-refractivity contribution is 6.14. The highest BCUT2D eigenvalue weighted by Gasteiger charge is 2.23. The number of rotatable bonds is 2. The number of benzene rings is 2. The Labute approximate surface area is 196 Å². The van der Waals surface area contributed by atoms with Gasteiger partial charge >= 0.3 is 0 Å². The average Bonchev–Trinajstić information content (AvgIpc) is 3.42. The van der Waals surface area contributed by atoms with Crippen LogP contribution < -0.4 is 20.5 Å². The minimum absolute atomic E-state index is 0.107. The van der Waals surface area contributed by atoms with E-state index in [-0.39, 0.29) is 17.0 Å². The largest absolute Gasteiger partial charge is 0.486 e. The molecule has 0 radical (unpaired) electrons. The van der Waals surface area contributed by atoms with Gasteiger partial charge in [0.15, 0.2) is 28.2 Å². The Morgan fingerprint density at radius 2 is 1.80 bits per heavy atom. The van der Waals surface area contributed by atoms with Gasteiger partial charge in [-0.25, -0.2) is 4.98 Å². The minimum atomic E-state index is -0.273. The van der Waals surface area contributed by atoms with Crippen LogP contribution in [0, 0.1) is 0 Å². The molecule has 0 amide bonds. The van der Waals surface area contributed by atoms with Crippen LogP contribution in [0.25, 0.3) is 55.1 Å². The molecule has 0 spiro atoms. The van der Waals surface area contributed by atoms with E-state index in [0.29, 0.717) is 63.7 Å². The Morgan fingerprint density at radius 3 is 2.60 bits per heavy atom. The van der Waals surface area contributed by atoms with E-state index in [4.69, 9.17) is 18.9 Å². The lowest BCUT2D eigenvalue weighted by Gasteiger charge is -2.19. The Kier molecular flexibility index (Phi) is 3.97. The molecule has 0 saturated heterocycles. The molecule has 2 aromatic carbocycles. The van der Waals surface area contributed by atoms with Crippen LogP contribution in [-0.4, -0.2) is 33.0 Å². The second kappa shape index (κ2) is 6.99. The van der Waals surface area contributed by atoms with E-state index in [1.54, 1.807) is 12.1 Å². The van der Waals surface area contributed by atoms with Crippen LogP contribution in [0.1, 0.15) is 19.9 Å². The second-order valence-electron chi connectivity index (χ2n) is 8.99. The maximum absolute atomic E-state index is 13.4. The van der Waals surface area contributed by atoms with Crippen molar-refractivity contribution in [2.75, 3.05) is 13.2 Å². The van der Waals surface area contributed by atoms with Gasteiger partial charge < -0.3 is 24.0 Å². The van der Waals surface area contributed by atoms with Gasteiger partial charge in [0.05, 0.1) is 11.1 Å². The van der Waals surface area contributed by atoms with Gasteiger partial charge in [-0.15, -0.1) is 0 Å². The van der Waals surface area contributed by atoms with Crippen LogP contribution >= 0.6 is 0 Å². The smallest absolute Gasteiger partial charge is 0.256 e. The van der Waals surface area contributed by atoms with E-state index in [2.05, 4.69) is 10.1 Å². The van der Waals surface area contributed by atoms with Gasteiger partial charge in [0, 0.05) is 46.1 Å². The molecule has 0 bridgehead atoms. The summed E-state index contributed by atoms with van der Waals surface area (Å²) in [7, 11) is 0. The van der Waals surface area contributed by atoms with Crippen molar-refractivity contribution in [1.82, 2.24) is 19.7 Å². The molecule has 2 N–H and O–H groups in total. The lowest BCUT2D eigenvalue weighted by molar-refractivity contribution is 0.172. The number of hydrogen-bond donors (Lipinski definition) is 2. The number of aromatic nitrogens is 4. The molecular formula is C26H20N4O5. The molecule has 35 heavy (non-hydrogen) atoms. The first kappa shape index (κ1) is 19.9. The number of furan rings is 1. The summed E-state index contributed by atoms with van der Waals surface area (Å²) in [5, 5.41) is 5.52. The number of fused-ring (bicyclic) bond motifs is 6. The molecule has 7 rings (SSSR count). The van der Waals surface area contributed by atoms with E-state index >= 15 is 0 Å². The SMILES string of the molecule is CC(C)n1[nH]cc2c(-c3cc4cc5c(cc4[nH]c3=O)OCCO5)c3oc4cc(=O)ccc4c3nc21. The third-order valence-electron chi connectivity index (χ3n) is 6.46. The van der Waals surface area contributed by atoms with Crippen LogP contribution in [0.4, 0.5) is 0 Å². The predicted molar refractivity (Wildman–Crippen MR) is 133 cm³/mol. The lowest BCUT2D eigenvalue weighted by atomic mass is 10.0. The Bertz CT molecular complexity index is 1940. The number of H-pyrrole nitrogens is 2. The minimum Gasteiger partial charge on any atom is -0.486 e. The third-order valence-corrected chi connectivity index (χ3v) is 6.46. The molecular weight excluding hydrogens is 448 g/mol. The maximum atomic E-state index is 13.4. The van der Waals surface area contributed by atoms with Crippen LogP contribution in [0.2, 0.25) is 0 Å². The molecule has 4 aromatic heterocycles. The van der Waals surface area contributed by atoms with Crippen molar-refractivity contribution in [3.63, 3.8) is 0 Å². The Morgan fingerprint density at radius 1 is 1.00 bits per heavy atom. The molecule has 1 aliphatic rings. The summed E-state index contributed by atoms with van der Waals surface area (Å²) in [4.78, 5) is 33.3. The van der Waals surface area contributed by atoms with Crippen LogP contribution in [-0.2, 0) is 0 Å². The first-order chi connectivity index (χ1) is 17.0. The molecule has 1 aliphatic heterocycles. The number of nitrogens with one attached hydrogen (secondary N) is 2. The standard InChI is InChI=1S/C26H20N4O5/c1-12(2)30-25-17(11-27-30)22(24-23(29-25)15-4-3-14(31)9-19(15)35-24)16-7-13-8-20-21(34-6-5-33-20)10-18(13)28-26(16)32/h3-4,7-12,27H,5-6H2,1-2H3,(H,28,32). The van der Waals surface area contributed by atoms with Gasteiger partial charge in [-0.05, 0) is 38.1 Å². The molecule has 9 heteroatoms. The van der Waals surface area contributed by atoms with E-state index in [1.807, 2.05) is 36.9 Å². The van der Waals surface area contributed by atoms with Crippen molar-refractivity contribution in [3.8, 4) is 22.6 Å². The summed E-state index contributed by atoms with van der Waals surface area (Å²) >= 11 is 0. The normalized spacial score (nSPS) is 13.6. The monoisotopic (exact) mass is 468 g/mol. The fourth-order valence-electron chi connectivity index (χ4n) is 4.85. The van der Waals surface area contributed by atoms with E-state index < -0.39 is 0 Å². The van der Waals surface area contributed by atoms with Gasteiger partial charge in [-0.2, -0.15) is 0 Å². The van der Waals surface area contributed by atoms with E-state index in [9.17, 15) is 9.59 Å². The van der Waals surface area contributed by atoms with Gasteiger partial charge in [0.2, 0.25) is 0 Å².